The third kappa shape index (κ3) is 3.29. The van der Waals surface area contributed by atoms with Gasteiger partial charge in [0.05, 0.1) is 0 Å². The zero-order chi connectivity index (χ0) is 14.7. The molecule has 1 heterocycles. The van der Waals surface area contributed by atoms with E-state index in [0.717, 1.165) is 10.4 Å². The Labute approximate surface area is 132 Å². The fourth-order valence-corrected chi connectivity index (χ4v) is 2.39. The van der Waals surface area contributed by atoms with Crippen LogP contribution in [0.15, 0.2) is 47.5 Å². The largest absolute Gasteiger partial charge is 0.287 e. The van der Waals surface area contributed by atoms with Gasteiger partial charge in [-0.25, -0.2) is 9.67 Å². The Morgan fingerprint density at radius 2 is 2.05 bits per heavy atom. The number of benzene rings is 1. The summed E-state index contributed by atoms with van der Waals surface area (Å²) in [6, 6.07) is 7.28. The van der Waals surface area contributed by atoms with Crippen LogP contribution >= 0.6 is 15.9 Å². The maximum Gasteiger partial charge on any atom is 0.211 e. The van der Waals surface area contributed by atoms with E-state index in [2.05, 4.69) is 26.0 Å². The van der Waals surface area contributed by atoms with Gasteiger partial charge < -0.3 is 0 Å². The Hall–Kier alpha value is -1.75. The number of carbonyl (C=O) groups excluding carboxylic acids is 1. The van der Waals surface area contributed by atoms with Crippen molar-refractivity contribution in [3.8, 4) is 0 Å². The van der Waals surface area contributed by atoms with Gasteiger partial charge in [-0.05, 0) is 43.9 Å². The van der Waals surface area contributed by atoms with Crippen LogP contribution in [0.3, 0.4) is 0 Å². The van der Waals surface area contributed by atoms with Crippen LogP contribution in [0, 0.1) is 31.6 Å². The molecule has 1 aliphatic rings. The van der Waals surface area contributed by atoms with Crippen LogP contribution in [0.4, 0.5) is 0 Å². The van der Waals surface area contributed by atoms with Gasteiger partial charge in [0.15, 0.2) is 0 Å². The van der Waals surface area contributed by atoms with E-state index in [9.17, 15) is 4.79 Å². The van der Waals surface area contributed by atoms with Crippen LogP contribution in [0.25, 0.3) is 5.70 Å². The molecule has 0 amide bonds. The van der Waals surface area contributed by atoms with Gasteiger partial charge in [-0.1, -0.05) is 28.1 Å². The van der Waals surface area contributed by atoms with Crippen LogP contribution in [0.5, 0.6) is 0 Å². The minimum Gasteiger partial charge on any atom is -0.287 e. The van der Waals surface area contributed by atoms with Crippen LogP contribution in [0.2, 0.25) is 0 Å². The predicted molar refractivity (Wildman–Crippen MR) is 83.2 cm³/mol. The summed E-state index contributed by atoms with van der Waals surface area (Å²) in [6.07, 6.45) is 12.5. The molecule has 4 nitrogen and oxygen atoms in total. The molecule has 1 aromatic heterocycles. The molecule has 0 bridgehead atoms. The molecule has 0 aliphatic heterocycles. The van der Waals surface area contributed by atoms with Gasteiger partial charge in [-0.15, -0.1) is 0 Å². The molecule has 2 aromatic rings. The highest BCUT2D eigenvalue weighted by Crippen LogP contribution is 2.27. The van der Waals surface area contributed by atoms with Crippen LogP contribution in [-0.4, -0.2) is 20.5 Å². The normalized spacial score (nSPS) is 16.3. The lowest BCUT2D eigenvalue weighted by atomic mass is 10.0. The average Bonchev–Trinajstić information content (AvgIpc) is 3.17. The molecule has 0 N–H and O–H groups in total. The minimum absolute atomic E-state index is 0.108. The summed E-state index contributed by atoms with van der Waals surface area (Å²) in [5.74, 6) is 0.840. The van der Waals surface area contributed by atoms with E-state index in [1.165, 1.54) is 17.3 Å². The number of rotatable bonds is 4. The number of aromatic nitrogens is 3. The Morgan fingerprint density at radius 1 is 1.24 bits per heavy atom. The second-order valence-corrected chi connectivity index (χ2v) is 5.34. The maximum absolute atomic E-state index is 12.7. The number of Topliss-reactive ketones (excluding diaryl/α,β-unsaturated/α-hetero) is 1. The number of ketones is 1. The van der Waals surface area contributed by atoms with Crippen LogP contribution in [0.1, 0.15) is 10.4 Å². The molecular weight excluding hydrogens is 330 g/mol. The molecule has 5 heteroatoms. The monoisotopic (exact) mass is 340 g/mol. The lowest BCUT2D eigenvalue weighted by Crippen LogP contribution is -2.11. The number of halogens is 1. The van der Waals surface area contributed by atoms with E-state index in [4.69, 9.17) is 0 Å². The Bertz CT molecular complexity index is 658. The molecule has 5 radical (unpaired) electrons. The molecule has 0 saturated heterocycles. The molecule has 0 atom stereocenters. The second-order valence-electron chi connectivity index (χ2n) is 4.43. The van der Waals surface area contributed by atoms with Gasteiger partial charge in [0.1, 0.15) is 18.4 Å². The fraction of sp³-hybridized carbons (Fsp3) is 0. The van der Waals surface area contributed by atoms with Gasteiger partial charge in [-0.2, -0.15) is 5.10 Å². The topological polar surface area (TPSA) is 47.8 Å². The van der Waals surface area contributed by atoms with Gasteiger partial charge in [-0.3, -0.25) is 4.79 Å². The van der Waals surface area contributed by atoms with E-state index in [1.807, 2.05) is 37.8 Å². The molecule has 103 valence electrons. The summed E-state index contributed by atoms with van der Waals surface area (Å²) in [4.78, 5) is 16.7. The lowest BCUT2D eigenvalue weighted by molar-refractivity contribution is 0.105. The van der Waals surface area contributed by atoms with E-state index in [1.54, 1.807) is 18.2 Å². The van der Waals surface area contributed by atoms with E-state index in [0.29, 0.717) is 11.3 Å². The standard InChI is InChI=1S/C16H11BrN3O/c17-14-7-3-6-13(9-14)16(21)15(20-11-18-10-19-20)8-12-4-1-2-5-12/h1-11H/b15-8-. The van der Waals surface area contributed by atoms with Gasteiger partial charge in [0.25, 0.3) is 0 Å². The summed E-state index contributed by atoms with van der Waals surface area (Å²) in [7, 11) is 0. The summed E-state index contributed by atoms with van der Waals surface area (Å²) in [5, 5.41) is 4.07. The Balaban J connectivity index is 1.97. The van der Waals surface area contributed by atoms with Crippen molar-refractivity contribution in [2.24, 2.45) is 0 Å². The minimum atomic E-state index is -0.108. The number of carbonyl (C=O) groups is 1. The van der Waals surface area contributed by atoms with Crippen LogP contribution < -0.4 is 0 Å². The first kappa shape index (κ1) is 14.2. The van der Waals surface area contributed by atoms with Crippen molar-refractivity contribution < 1.29 is 4.79 Å². The van der Waals surface area contributed by atoms with Gasteiger partial charge >= 0.3 is 0 Å². The van der Waals surface area contributed by atoms with E-state index < -0.39 is 0 Å². The summed E-state index contributed by atoms with van der Waals surface area (Å²) >= 11 is 3.38. The number of hydrogen-bond donors (Lipinski definition) is 0. The molecular formula is C16H11BrN3O. The first-order valence-electron chi connectivity index (χ1n) is 6.33. The smallest absolute Gasteiger partial charge is 0.211 e. The quantitative estimate of drug-likeness (QED) is 0.634. The molecule has 1 fully saturated rings. The highest BCUT2D eigenvalue weighted by molar-refractivity contribution is 9.10. The third-order valence-corrected chi connectivity index (χ3v) is 3.47. The van der Waals surface area contributed by atoms with Crippen molar-refractivity contribution in [1.29, 1.82) is 0 Å². The van der Waals surface area contributed by atoms with Crippen molar-refractivity contribution in [3.63, 3.8) is 0 Å². The first-order valence-corrected chi connectivity index (χ1v) is 7.12. The number of nitrogens with zero attached hydrogens (tertiary/aromatic N) is 3. The van der Waals surface area contributed by atoms with E-state index >= 15 is 0 Å². The van der Waals surface area contributed by atoms with Crippen molar-refractivity contribution in [1.82, 2.24) is 14.8 Å². The molecule has 1 aliphatic carbocycles. The number of allylic oxidation sites excluding steroid dienone is 2. The van der Waals surface area contributed by atoms with Crippen molar-refractivity contribution in [2.45, 2.75) is 0 Å². The zero-order valence-corrected chi connectivity index (χ0v) is 12.6. The SMILES string of the molecule is O=C(/C(=C/[C]1[CH][CH][CH][CH]1)n1cncn1)c1cccc(Br)c1. The molecule has 21 heavy (non-hydrogen) atoms. The fourth-order valence-electron chi connectivity index (χ4n) is 1.99. The molecule has 3 rings (SSSR count). The first-order chi connectivity index (χ1) is 10.2. The highest BCUT2D eigenvalue weighted by atomic mass is 79.9. The average molecular weight is 341 g/mol. The lowest BCUT2D eigenvalue weighted by Gasteiger charge is -2.09. The summed E-state index contributed by atoms with van der Waals surface area (Å²) in [6.45, 7) is 0. The maximum atomic E-state index is 12.7. The number of hydrogen-bond acceptors (Lipinski definition) is 3. The molecule has 0 spiro atoms. The summed E-state index contributed by atoms with van der Waals surface area (Å²) in [5.41, 5.74) is 1.05. The Morgan fingerprint density at radius 3 is 2.71 bits per heavy atom. The summed E-state index contributed by atoms with van der Waals surface area (Å²) < 4.78 is 2.34. The Kier molecular flexibility index (Phi) is 4.29. The van der Waals surface area contributed by atoms with Gasteiger partial charge in [0, 0.05) is 16.0 Å². The van der Waals surface area contributed by atoms with Crippen molar-refractivity contribution in [3.05, 3.63) is 84.6 Å². The molecule has 1 saturated carbocycles. The zero-order valence-electron chi connectivity index (χ0n) is 11.0. The van der Waals surface area contributed by atoms with Crippen LogP contribution in [-0.2, 0) is 0 Å². The van der Waals surface area contributed by atoms with Gasteiger partial charge in [0.2, 0.25) is 5.78 Å². The second kappa shape index (κ2) is 6.35. The van der Waals surface area contributed by atoms with E-state index in [-0.39, 0.29) is 5.78 Å². The highest BCUT2D eigenvalue weighted by Gasteiger charge is 2.21. The van der Waals surface area contributed by atoms with Crippen molar-refractivity contribution >= 4 is 27.4 Å². The molecule has 0 unspecified atom stereocenters. The molecule has 1 aromatic carbocycles. The third-order valence-electron chi connectivity index (χ3n) is 2.98. The van der Waals surface area contributed by atoms with Crippen molar-refractivity contribution in [2.75, 3.05) is 0 Å². The predicted octanol–water partition coefficient (Wildman–Crippen LogP) is 3.17.